The van der Waals surface area contributed by atoms with Gasteiger partial charge in [0, 0.05) is 0 Å². The van der Waals surface area contributed by atoms with Crippen LogP contribution in [0.3, 0.4) is 0 Å². The van der Waals surface area contributed by atoms with E-state index >= 15 is 0 Å². The van der Waals surface area contributed by atoms with Crippen LogP contribution in [0.1, 0.15) is 0 Å². The summed E-state index contributed by atoms with van der Waals surface area (Å²) in [5.74, 6) is -76.0. The zero-order chi connectivity index (χ0) is 25.2. The van der Waals surface area contributed by atoms with Crippen LogP contribution in [-0.4, -0.2) is 59.3 Å². The molecule has 0 aliphatic carbocycles. The smallest absolute Gasteiger partial charge is 0.544 e. The molecule has 0 saturated heterocycles. The van der Waals surface area contributed by atoms with E-state index in [9.17, 15) is 90.0 Å². The van der Waals surface area contributed by atoms with Crippen molar-refractivity contribution in [1.29, 1.82) is 0 Å². The van der Waals surface area contributed by atoms with Crippen LogP contribution in [0.25, 0.3) is 0 Å². The molecule has 0 fully saturated rings. The Labute approximate surface area is 179 Å². The van der Waals surface area contributed by atoms with Gasteiger partial charge in [-0.1, -0.05) is 0 Å². The summed E-state index contributed by atoms with van der Waals surface area (Å²) in [6.45, 7) is 0. The molecule has 0 aromatic heterocycles. The van der Waals surface area contributed by atoms with Gasteiger partial charge >= 0.3 is 76.9 Å². The molecule has 0 unspecified atom stereocenters. The quantitative estimate of drug-likeness (QED) is 0.281. The minimum Gasteiger partial charge on any atom is -0.544 e. The van der Waals surface area contributed by atoms with Crippen molar-refractivity contribution in [2.45, 2.75) is 47.4 Å². The number of rotatable bonds is 9. The predicted molar refractivity (Wildman–Crippen MR) is 49.6 cm³/mol. The average Bonchev–Trinajstić information content (AvgIpc) is 2.52. The molecule has 0 saturated carbocycles. The zero-order valence-electron chi connectivity index (χ0n) is 13.7. The Morgan fingerprint density at radius 3 is 0.645 bits per heavy atom. The van der Waals surface area contributed by atoms with E-state index < -0.39 is 59.3 Å². The van der Waals surface area contributed by atoms with Crippen molar-refractivity contribution in [3.8, 4) is 0 Å². The largest absolute Gasteiger partial charge is 1.00 e. The minimum atomic E-state index is -8.85. The molecule has 0 N–H and O–H groups in total. The van der Waals surface area contributed by atoms with Crippen molar-refractivity contribution < 1.29 is 120 Å². The topological polar surface area (TPSA) is 80.3 Å². The van der Waals surface area contributed by atoms with E-state index in [1.807, 2.05) is 0 Å². The van der Waals surface area contributed by atoms with E-state index in [2.05, 4.69) is 0 Å². The van der Waals surface area contributed by atoms with E-state index in [1.165, 1.54) is 0 Å². The summed E-state index contributed by atoms with van der Waals surface area (Å²) in [6.07, 6.45) is 0. The fourth-order valence-electron chi connectivity index (χ4n) is 1.44. The van der Waals surface area contributed by atoms with Gasteiger partial charge < -0.3 is 19.8 Å². The van der Waals surface area contributed by atoms with Gasteiger partial charge in [0.05, 0.1) is 0 Å². The molecule has 178 valence electrons. The molecule has 0 aliphatic rings. The van der Waals surface area contributed by atoms with Crippen molar-refractivity contribution in [2.75, 3.05) is 0 Å². The first-order chi connectivity index (χ1) is 12.6. The van der Waals surface area contributed by atoms with Crippen molar-refractivity contribution in [3.05, 3.63) is 0 Å². The molecule has 0 aliphatic heterocycles. The number of aliphatic carboxylic acids is 2. The molecule has 0 radical (unpaired) electrons. The van der Waals surface area contributed by atoms with Gasteiger partial charge in [-0.2, -0.15) is 70.2 Å². The minimum absolute atomic E-state index is 0. The van der Waals surface area contributed by atoms with Crippen LogP contribution in [0.4, 0.5) is 70.2 Å². The molecule has 0 aromatic rings. The summed E-state index contributed by atoms with van der Waals surface area (Å²) in [5, 5.41) is 19.4. The molecule has 21 heteroatoms. The molecule has 0 aromatic carbocycles. The Bertz CT molecular complexity index is 657. The summed E-state index contributed by atoms with van der Waals surface area (Å²) in [6, 6.07) is 0. The maximum absolute atomic E-state index is 13.1. The first-order valence-electron chi connectivity index (χ1n) is 6.09. The molecule has 0 heterocycles. The number of carboxylic acid groups (broad SMARTS) is 2. The Hall–Kier alpha value is -1.18. The standard InChI is InChI=1S/C10H2F16O4.Na/c11-3(12,1(27)28)5(15,16)7(19,20)9(23,24)10(25,26)8(21,22)6(17,18)4(13,14)2(29)30;/h(H,27,28)(H,29,30);/q;+1/p-2. The Kier molecular flexibility index (Phi) is 8.25. The van der Waals surface area contributed by atoms with Gasteiger partial charge in [0.1, 0.15) is 11.9 Å². The van der Waals surface area contributed by atoms with Gasteiger partial charge in [-0.15, -0.1) is 0 Å². The summed E-state index contributed by atoms with van der Waals surface area (Å²) in [4.78, 5) is 19.4. The Morgan fingerprint density at radius 2 is 0.516 bits per heavy atom. The van der Waals surface area contributed by atoms with Crippen LogP contribution in [0.5, 0.6) is 0 Å². The molecular formula is C10F16NaO4-. The normalized spacial score (nSPS) is 15.4. The number of carboxylic acids is 2. The van der Waals surface area contributed by atoms with Crippen molar-refractivity contribution in [1.82, 2.24) is 0 Å². The van der Waals surface area contributed by atoms with Gasteiger partial charge in [0.25, 0.3) is 0 Å². The average molecular weight is 511 g/mol. The van der Waals surface area contributed by atoms with E-state index in [4.69, 9.17) is 0 Å². The van der Waals surface area contributed by atoms with Crippen LogP contribution in [0, 0.1) is 0 Å². The first-order valence-corrected chi connectivity index (χ1v) is 6.09. The van der Waals surface area contributed by atoms with Gasteiger partial charge in [0.2, 0.25) is 0 Å². The van der Waals surface area contributed by atoms with E-state index in [1.54, 1.807) is 0 Å². The fourth-order valence-corrected chi connectivity index (χ4v) is 1.44. The molecule has 0 spiro atoms. The second kappa shape index (κ2) is 7.99. The fraction of sp³-hybridized carbons (Fsp3) is 0.800. The number of carbonyl (C=O) groups is 2. The Balaban J connectivity index is 0. The van der Waals surface area contributed by atoms with Gasteiger partial charge in [0.15, 0.2) is 0 Å². The molecule has 31 heavy (non-hydrogen) atoms. The van der Waals surface area contributed by atoms with Crippen LogP contribution in [0.15, 0.2) is 0 Å². The second-order valence-corrected chi connectivity index (χ2v) is 5.17. The van der Waals surface area contributed by atoms with Crippen LogP contribution >= 0.6 is 0 Å². The van der Waals surface area contributed by atoms with Gasteiger partial charge in [-0.25, -0.2) is 0 Å². The molecule has 0 rings (SSSR count). The van der Waals surface area contributed by atoms with Gasteiger partial charge in [-0.05, 0) is 0 Å². The second-order valence-electron chi connectivity index (χ2n) is 5.17. The summed E-state index contributed by atoms with van der Waals surface area (Å²) < 4.78 is 207. The zero-order valence-corrected chi connectivity index (χ0v) is 15.7. The number of alkyl halides is 16. The molecule has 0 amide bonds. The number of hydrogen-bond acceptors (Lipinski definition) is 4. The van der Waals surface area contributed by atoms with Crippen molar-refractivity contribution in [3.63, 3.8) is 0 Å². The maximum Gasteiger partial charge on any atom is 1.00 e. The summed E-state index contributed by atoms with van der Waals surface area (Å²) in [7, 11) is 0. The van der Waals surface area contributed by atoms with Gasteiger partial charge in [-0.3, -0.25) is 0 Å². The number of halogens is 16. The third-order valence-electron chi connectivity index (χ3n) is 3.27. The molecule has 0 bridgehead atoms. The monoisotopic (exact) mass is 511 g/mol. The van der Waals surface area contributed by atoms with E-state index in [-0.39, 0.29) is 29.6 Å². The van der Waals surface area contributed by atoms with Crippen LogP contribution in [0.2, 0.25) is 0 Å². The molecule has 4 nitrogen and oxygen atoms in total. The molecule has 0 atom stereocenters. The van der Waals surface area contributed by atoms with Crippen molar-refractivity contribution in [2.24, 2.45) is 0 Å². The third kappa shape index (κ3) is 3.80. The van der Waals surface area contributed by atoms with Crippen LogP contribution < -0.4 is 39.8 Å². The first kappa shape index (κ1) is 32.0. The number of carbonyl (C=O) groups excluding carboxylic acids is 2. The predicted octanol–water partition coefficient (Wildman–Crippen LogP) is -1.43. The SMILES string of the molecule is O=C([O-])C(F)(F)C(F)(F)C(F)(F)C(F)(F)C(F)(F)C(F)(F)C(F)(F)C(F)(F)C(=O)[O-].[Na+]. The summed E-state index contributed by atoms with van der Waals surface area (Å²) >= 11 is 0. The third-order valence-corrected chi connectivity index (χ3v) is 3.27. The van der Waals surface area contributed by atoms with E-state index in [0.717, 1.165) is 0 Å². The van der Waals surface area contributed by atoms with Crippen molar-refractivity contribution >= 4 is 11.9 Å². The van der Waals surface area contributed by atoms with E-state index in [0.29, 0.717) is 0 Å². The molecular weight excluding hydrogens is 511 g/mol. The number of hydrogen-bond donors (Lipinski definition) is 0. The Morgan fingerprint density at radius 1 is 0.387 bits per heavy atom. The van der Waals surface area contributed by atoms with Crippen LogP contribution in [-0.2, 0) is 9.59 Å². The summed E-state index contributed by atoms with van der Waals surface area (Å²) in [5.41, 5.74) is 0. The maximum atomic E-state index is 13.1.